The first kappa shape index (κ1) is 13.6. The third-order valence-electron chi connectivity index (χ3n) is 2.87. The van der Waals surface area contributed by atoms with Crippen LogP contribution >= 0.6 is 0 Å². The van der Waals surface area contributed by atoms with Gasteiger partial charge in [0, 0.05) is 11.7 Å². The van der Waals surface area contributed by atoms with Gasteiger partial charge in [-0.1, -0.05) is 37.3 Å². The molecular weight excluding hydrogens is 206 g/mol. The largest absolute Gasteiger partial charge is 0.379 e. The third kappa shape index (κ3) is 4.48. The summed E-state index contributed by atoms with van der Waals surface area (Å²) in [5.74, 6) is 0. The van der Waals surface area contributed by atoms with Crippen molar-refractivity contribution in [1.29, 1.82) is 0 Å². The Hall–Kier alpha value is -1.50. The van der Waals surface area contributed by atoms with Gasteiger partial charge in [-0.2, -0.15) is 0 Å². The molecule has 0 aromatic heterocycles. The molecule has 1 N–H and O–H groups in total. The maximum absolute atomic E-state index is 3.54. The fourth-order valence-electron chi connectivity index (χ4n) is 1.87. The molecule has 0 aliphatic rings. The molecule has 92 valence electrons. The Balaban J connectivity index is 2.73. The molecular formula is C16H23N. The first-order chi connectivity index (χ1) is 8.17. The van der Waals surface area contributed by atoms with Gasteiger partial charge in [0.25, 0.3) is 0 Å². The number of rotatable bonds is 5. The zero-order valence-corrected chi connectivity index (χ0v) is 11.3. The van der Waals surface area contributed by atoms with Gasteiger partial charge >= 0.3 is 0 Å². The van der Waals surface area contributed by atoms with Crippen molar-refractivity contribution < 1.29 is 0 Å². The van der Waals surface area contributed by atoms with Crippen LogP contribution in [0, 0.1) is 6.92 Å². The van der Waals surface area contributed by atoms with Crippen LogP contribution in [0.15, 0.2) is 48.1 Å². The summed E-state index contributed by atoms with van der Waals surface area (Å²) in [4.78, 5) is 0. The van der Waals surface area contributed by atoms with Gasteiger partial charge in [0.15, 0.2) is 0 Å². The number of hydrogen-bond donors (Lipinski definition) is 1. The molecule has 0 spiro atoms. The molecule has 1 nitrogen and oxygen atoms in total. The van der Waals surface area contributed by atoms with Crippen LogP contribution in [0.25, 0.3) is 0 Å². The minimum atomic E-state index is 0.373. The molecule has 17 heavy (non-hydrogen) atoms. The van der Waals surface area contributed by atoms with E-state index in [4.69, 9.17) is 0 Å². The highest BCUT2D eigenvalue weighted by atomic mass is 14.9. The molecule has 0 aliphatic heterocycles. The first-order valence-corrected chi connectivity index (χ1v) is 6.32. The highest BCUT2D eigenvalue weighted by molar-refractivity contribution is 5.47. The van der Waals surface area contributed by atoms with Crippen LogP contribution in [0.1, 0.15) is 32.8 Å². The van der Waals surface area contributed by atoms with Gasteiger partial charge < -0.3 is 5.32 Å². The Morgan fingerprint density at radius 2 is 2.18 bits per heavy atom. The Labute approximate surface area is 105 Å². The van der Waals surface area contributed by atoms with E-state index in [1.807, 2.05) is 6.92 Å². The van der Waals surface area contributed by atoms with Crippen LogP contribution in [0.2, 0.25) is 0 Å². The topological polar surface area (TPSA) is 12.0 Å². The van der Waals surface area contributed by atoms with E-state index in [1.54, 1.807) is 0 Å². The van der Waals surface area contributed by atoms with E-state index in [0.717, 1.165) is 6.42 Å². The second kappa shape index (κ2) is 6.95. The fraction of sp³-hybridized carbons (Fsp3) is 0.375. The van der Waals surface area contributed by atoms with Gasteiger partial charge in [0.05, 0.1) is 0 Å². The molecule has 1 unspecified atom stereocenters. The van der Waals surface area contributed by atoms with Gasteiger partial charge in [-0.3, -0.25) is 0 Å². The number of allylic oxidation sites excluding steroid dienone is 3. The molecule has 0 saturated carbocycles. The first-order valence-electron chi connectivity index (χ1n) is 6.32. The normalized spacial score (nSPS) is 14.0. The van der Waals surface area contributed by atoms with E-state index in [0.29, 0.717) is 6.04 Å². The maximum Gasteiger partial charge on any atom is 0.0448 e. The van der Waals surface area contributed by atoms with Crippen molar-refractivity contribution in [2.24, 2.45) is 0 Å². The lowest BCUT2D eigenvalue weighted by molar-refractivity contribution is 0.864. The van der Waals surface area contributed by atoms with Crippen LogP contribution in [0.3, 0.4) is 0 Å². The van der Waals surface area contributed by atoms with Crippen LogP contribution in [0.5, 0.6) is 0 Å². The Morgan fingerprint density at radius 3 is 2.76 bits per heavy atom. The molecule has 0 heterocycles. The van der Waals surface area contributed by atoms with E-state index < -0.39 is 0 Å². The molecule has 0 saturated heterocycles. The van der Waals surface area contributed by atoms with Gasteiger partial charge in [-0.25, -0.2) is 0 Å². The van der Waals surface area contributed by atoms with E-state index in [-0.39, 0.29) is 0 Å². The summed E-state index contributed by atoms with van der Waals surface area (Å²) in [6, 6.07) is 8.88. The van der Waals surface area contributed by atoms with Crippen molar-refractivity contribution in [2.45, 2.75) is 40.2 Å². The van der Waals surface area contributed by atoms with Gasteiger partial charge in [0.1, 0.15) is 0 Å². The number of nitrogens with one attached hydrogen (secondary N) is 1. The van der Waals surface area contributed by atoms with E-state index >= 15 is 0 Å². The number of hydrogen-bond acceptors (Lipinski definition) is 1. The summed E-state index contributed by atoms with van der Waals surface area (Å²) in [7, 11) is 0. The third-order valence-corrected chi connectivity index (χ3v) is 2.87. The van der Waals surface area contributed by atoms with Crippen LogP contribution < -0.4 is 5.32 Å². The Morgan fingerprint density at radius 1 is 1.41 bits per heavy atom. The van der Waals surface area contributed by atoms with Gasteiger partial charge in [-0.15, -0.1) is 0 Å². The summed E-state index contributed by atoms with van der Waals surface area (Å²) in [5.41, 5.74) is 3.90. The van der Waals surface area contributed by atoms with Gasteiger partial charge in [0.2, 0.25) is 0 Å². The lowest BCUT2D eigenvalue weighted by Gasteiger charge is -2.18. The molecule has 1 atom stereocenters. The quantitative estimate of drug-likeness (QED) is 0.721. The highest BCUT2D eigenvalue weighted by Crippen LogP contribution is 2.16. The molecule has 0 radical (unpaired) electrons. The average Bonchev–Trinajstić information content (AvgIpc) is 2.30. The Bertz CT molecular complexity index is 402. The molecule has 0 bridgehead atoms. The SMILES string of the molecule is C/C=C\C=C(/CC)C(C)Nc1cccc(C)c1. The highest BCUT2D eigenvalue weighted by Gasteiger charge is 2.05. The molecule has 1 aromatic rings. The predicted octanol–water partition coefficient (Wildman–Crippen LogP) is 4.71. The molecule has 1 aromatic carbocycles. The minimum Gasteiger partial charge on any atom is -0.379 e. The predicted molar refractivity (Wildman–Crippen MR) is 77.5 cm³/mol. The van der Waals surface area contributed by atoms with Crippen molar-refractivity contribution in [2.75, 3.05) is 5.32 Å². The summed E-state index contributed by atoms with van der Waals surface area (Å²) in [5, 5.41) is 3.54. The minimum absolute atomic E-state index is 0.373. The monoisotopic (exact) mass is 229 g/mol. The van der Waals surface area contributed by atoms with Crippen LogP contribution in [-0.2, 0) is 0 Å². The number of aryl methyl sites for hydroxylation is 1. The molecule has 0 aliphatic carbocycles. The summed E-state index contributed by atoms with van der Waals surface area (Å²) in [6.45, 7) is 8.57. The lowest BCUT2D eigenvalue weighted by Crippen LogP contribution is -2.17. The summed E-state index contributed by atoms with van der Waals surface area (Å²) in [6.07, 6.45) is 7.44. The number of benzene rings is 1. The number of anilines is 1. The molecule has 0 amide bonds. The maximum atomic E-state index is 3.54. The molecule has 0 fully saturated rings. The van der Waals surface area contributed by atoms with E-state index in [1.165, 1.54) is 16.8 Å². The van der Waals surface area contributed by atoms with Crippen molar-refractivity contribution in [3.05, 3.63) is 53.6 Å². The summed E-state index contributed by atoms with van der Waals surface area (Å²) >= 11 is 0. The fourth-order valence-corrected chi connectivity index (χ4v) is 1.87. The van der Waals surface area contributed by atoms with Gasteiger partial charge in [-0.05, 0) is 50.5 Å². The standard InChI is InChI=1S/C16H23N/c1-5-7-10-15(6-2)14(4)17-16-11-8-9-13(3)12-16/h5,7-12,14,17H,6H2,1-4H3/b7-5-,15-10+. The van der Waals surface area contributed by atoms with Crippen molar-refractivity contribution in [1.82, 2.24) is 0 Å². The Kier molecular flexibility index (Phi) is 5.55. The zero-order chi connectivity index (χ0) is 12.7. The van der Waals surface area contributed by atoms with E-state index in [2.05, 4.69) is 68.6 Å². The summed E-state index contributed by atoms with van der Waals surface area (Å²) < 4.78 is 0. The van der Waals surface area contributed by atoms with Crippen molar-refractivity contribution in [3.63, 3.8) is 0 Å². The smallest absolute Gasteiger partial charge is 0.0448 e. The van der Waals surface area contributed by atoms with E-state index in [9.17, 15) is 0 Å². The van der Waals surface area contributed by atoms with Crippen molar-refractivity contribution in [3.8, 4) is 0 Å². The average molecular weight is 229 g/mol. The van der Waals surface area contributed by atoms with Crippen LogP contribution in [0.4, 0.5) is 5.69 Å². The second-order valence-corrected chi connectivity index (χ2v) is 4.36. The molecule has 1 heteroatoms. The van der Waals surface area contributed by atoms with Crippen LogP contribution in [-0.4, -0.2) is 6.04 Å². The second-order valence-electron chi connectivity index (χ2n) is 4.36. The lowest BCUT2D eigenvalue weighted by atomic mass is 10.0. The van der Waals surface area contributed by atoms with Crippen molar-refractivity contribution >= 4 is 5.69 Å². The molecule has 1 rings (SSSR count). The zero-order valence-electron chi connectivity index (χ0n) is 11.3.